The van der Waals surface area contributed by atoms with Gasteiger partial charge in [-0.05, 0) is 23.3 Å². The Morgan fingerprint density at radius 3 is 2.67 bits per heavy atom. The maximum Gasteiger partial charge on any atom is 0.273 e. The minimum absolute atomic E-state index is 0.0463. The maximum atomic E-state index is 13.3. The summed E-state index contributed by atoms with van der Waals surface area (Å²) in [6.07, 6.45) is 0.940. The maximum absolute atomic E-state index is 13.3. The van der Waals surface area contributed by atoms with E-state index < -0.39 is 5.92 Å². The second-order valence-electron chi connectivity index (χ2n) is 5.95. The third kappa shape index (κ3) is 3.43. The minimum Gasteiger partial charge on any atom is -0.337 e. The number of alkyl halides is 2. The Kier molecular flexibility index (Phi) is 4.57. The van der Waals surface area contributed by atoms with Gasteiger partial charge in [0.05, 0.1) is 0 Å². The lowest BCUT2D eigenvalue weighted by atomic mass is 10.00. The first kappa shape index (κ1) is 16.5. The number of hydrogen-bond donors (Lipinski definition) is 1. The summed E-state index contributed by atoms with van der Waals surface area (Å²) in [6.45, 7) is 0.494. The molecule has 1 saturated heterocycles. The number of amides is 1. The van der Waals surface area contributed by atoms with Crippen LogP contribution in [0.5, 0.6) is 0 Å². The van der Waals surface area contributed by atoms with Gasteiger partial charge < -0.3 is 10.6 Å². The van der Waals surface area contributed by atoms with E-state index in [-0.39, 0.29) is 37.5 Å². The van der Waals surface area contributed by atoms with E-state index in [0.717, 1.165) is 11.1 Å². The molecule has 0 spiro atoms. The minimum atomic E-state index is -2.68. The molecule has 0 atom stereocenters. The average Bonchev–Trinajstić information content (AvgIpc) is 2.61. The molecule has 0 bridgehead atoms. The Morgan fingerprint density at radius 2 is 1.96 bits per heavy atom. The molecule has 1 aliphatic heterocycles. The number of halogens is 2. The number of rotatable bonds is 3. The smallest absolute Gasteiger partial charge is 0.273 e. The number of carbonyl (C=O) groups excluding carboxylic acids is 1. The van der Waals surface area contributed by atoms with Crippen molar-refractivity contribution in [2.24, 2.45) is 5.73 Å². The van der Waals surface area contributed by atoms with Gasteiger partial charge in [0, 0.05) is 44.2 Å². The number of hydrogen-bond acceptors (Lipinski definition) is 3. The van der Waals surface area contributed by atoms with Crippen LogP contribution in [0.4, 0.5) is 8.78 Å². The molecule has 3 rings (SSSR count). The average molecular weight is 331 g/mol. The van der Waals surface area contributed by atoms with Gasteiger partial charge in [-0.2, -0.15) is 0 Å². The molecule has 1 fully saturated rings. The van der Waals surface area contributed by atoms with Gasteiger partial charge in [0.15, 0.2) is 0 Å². The summed E-state index contributed by atoms with van der Waals surface area (Å²) in [7, 11) is 0. The third-order valence-corrected chi connectivity index (χ3v) is 4.27. The Labute approximate surface area is 139 Å². The van der Waals surface area contributed by atoms with Crippen LogP contribution in [0.15, 0.2) is 42.6 Å². The van der Waals surface area contributed by atoms with Crippen molar-refractivity contribution < 1.29 is 13.6 Å². The molecule has 0 saturated carbocycles. The van der Waals surface area contributed by atoms with Crippen LogP contribution in [0, 0.1) is 0 Å². The standard InChI is InChI=1S/C18H19F2N3O/c19-18(20)6-9-23(10-7-18)17(24)16-15(5-2-8-22-16)14-4-1-3-13(11-14)12-21/h1-5,8,11H,6-7,9-10,12,21H2. The Bertz CT molecular complexity index is 739. The van der Waals surface area contributed by atoms with E-state index in [1.54, 1.807) is 12.3 Å². The molecule has 2 N–H and O–H groups in total. The van der Waals surface area contributed by atoms with Crippen molar-refractivity contribution in [1.82, 2.24) is 9.88 Å². The fourth-order valence-electron chi connectivity index (χ4n) is 2.86. The summed E-state index contributed by atoms with van der Waals surface area (Å²) in [4.78, 5) is 18.4. The number of aromatic nitrogens is 1. The fraction of sp³-hybridized carbons (Fsp3) is 0.333. The summed E-state index contributed by atoms with van der Waals surface area (Å²) in [5.74, 6) is -2.99. The number of carbonyl (C=O) groups is 1. The van der Waals surface area contributed by atoms with Crippen LogP contribution in [0.3, 0.4) is 0 Å². The second-order valence-corrected chi connectivity index (χ2v) is 5.95. The molecule has 1 aliphatic rings. The van der Waals surface area contributed by atoms with Gasteiger partial charge in [-0.25, -0.2) is 8.78 Å². The highest BCUT2D eigenvalue weighted by molar-refractivity contribution is 5.99. The van der Waals surface area contributed by atoms with E-state index in [4.69, 9.17) is 5.73 Å². The van der Waals surface area contributed by atoms with Crippen molar-refractivity contribution >= 4 is 5.91 Å². The molecule has 126 valence electrons. The Hall–Kier alpha value is -2.34. The topological polar surface area (TPSA) is 59.2 Å². The predicted octanol–water partition coefficient (Wildman–Crippen LogP) is 3.08. The van der Waals surface area contributed by atoms with Gasteiger partial charge in [-0.3, -0.25) is 9.78 Å². The molecule has 0 unspecified atom stereocenters. The lowest BCUT2D eigenvalue weighted by molar-refractivity contribution is -0.0494. The summed E-state index contributed by atoms with van der Waals surface area (Å²) in [5, 5.41) is 0. The van der Waals surface area contributed by atoms with Crippen molar-refractivity contribution in [1.29, 1.82) is 0 Å². The van der Waals surface area contributed by atoms with Crippen molar-refractivity contribution in [3.63, 3.8) is 0 Å². The van der Waals surface area contributed by atoms with Crippen LogP contribution < -0.4 is 5.73 Å². The van der Waals surface area contributed by atoms with Gasteiger partial charge in [0.2, 0.25) is 0 Å². The van der Waals surface area contributed by atoms with Gasteiger partial charge in [0.1, 0.15) is 5.69 Å². The molecule has 1 aromatic heterocycles. The number of pyridine rings is 1. The molecular formula is C18H19F2N3O. The van der Waals surface area contributed by atoms with E-state index in [1.807, 2.05) is 30.3 Å². The zero-order chi connectivity index (χ0) is 17.2. The molecule has 4 nitrogen and oxygen atoms in total. The predicted molar refractivity (Wildman–Crippen MR) is 87.6 cm³/mol. The lowest BCUT2D eigenvalue weighted by Gasteiger charge is -2.31. The largest absolute Gasteiger partial charge is 0.337 e. The first-order valence-electron chi connectivity index (χ1n) is 7.92. The Morgan fingerprint density at radius 1 is 1.21 bits per heavy atom. The highest BCUT2D eigenvalue weighted by Crippen LogP contribution is 2.30. The molecule has 6 heteroatoms. The fourth-order valence-corrected chi connectivity index (χ4v) is 2.86. The van der Waals surface area contributed by atoms with Gasteiger partial charge >= 0.3 is 0 Å². The quantitative estimate of drug-likeness (QED) is 0.940. The number of likely N-dealkylation sites (tertiary alicyclic amines) is 1. The summed E-state index contributed by atoms with van der Waals surface area (Å²) in [6, 6.07) is 11.2. The van der Waals surface area contributed by atoms with Crippen LogP contribution in [-0.4, -0.2) is 34.8 Å². The van der Waals surface area contributed by atoms with Crippen LogP contribution in [0.1, 0.15) is 28.9 Å². The van der Waals surface area contributed by atoms with Crippen molar-refractivity contribution in [2.75, 3.05) is 13.1 Å². The highest BCUT2D eigenvalue weighted by atomic mass is 19.3. The second kappa shape index (κ2) is 6.65. The molecule has 0 aliphatic carbocycles. The van der Waals surface area contributed by atoms with Crippen molar-refractivity contribution in [2.45, 2.75) is 25.3 Å². The number of nitrogens with zero attached hydrogens (tertiary/aromatic N) is 2. The first-order valence-corrected chi connectivity index (χ1v) is 7.92. The summed E-state index contributed by atoms with van der Waals surface area (Å²) in [5.41, 5.74) is 8.45. The van der Waals surface area contributed by atoms with E-state index in [9.17, 15) is 13.6 Å². The van der Waals surface area contributed by atoms with Crippen LogP contribution in [-0.2, 0) is 6.54 Å². The number of nitrogens with two attached hydrogens (primary N) is 1. The molecule has 24 heavy (non-hydrogen) atoms. The van der Waals surface area contributed by atoms with Crippen LogP contribution in [0.25, 0.3) is 11.1 Å². The van der Waals surface area contributed by atoms with E-state index in [0.29, 0.717) is 12.1 Å². The molecular weight excluding hydrogens is 312 g/mol. The van der Waals surface area contributed by atoms with Crippen LogP contribution in [0.2, 0.25) is 0 Å². The molecule has 2 heterocycles. The third-order valence-electron chi connectivity index (χ3n) is 4.27. The van der Waals surface area contributed by atoms with E-state index in [1.165, 1.54) is 4.90 Å². The molecule has 0 radical (unpaired) electrons. The van der Waals surface area contributed by atoms with E-state index in [2.05, 4.69) is 4.98 Å². The zero-order valence-corrected chi connectivity index (χ0v) is 13.2. The number of piperidine rings is 1. The molecule has 1 aromatic carbocycles. The van der Waals surface area contributed by atoms with Crippen molar-refractivity contribution in [3.05, 3.63) is 53.9 Å². The lowest BCUT2D eigenvalue weighted by Crippen LogP contribution is -2.43. The van der Waals surface area contributed by atoms with Gasteiger partial charge in [-0.15, -0.1) is 0 Å². The van der Waals surface area contributed by atoms with Gasteiger partial charge in [0.25, 0.3) is 11.8 Å². The van der Waals surface area contributed by atoms with Crippen molar-refractivity contribution in [3.8, 4) is 11.1 Å². The summed E-state index contributed by atoms with van der Waals surface area (Å²) < 4.78 is 26.6. The summed E-state index contributed by atoms with van der Waals surface area (Å²) >= 11 is 0. The monoisotopic (exact) mass is 331 g/mol. The SMILES string of the molecule is NCc1cccc(-c2cccnc2C(=O)N2CCC(F)(F)CC2)c1. The zero-order valence-electron chi connectivity index (χ0n) is 13.2. The number of benzene rings is 1. The molecule has 1 amide bonds. The van der Waals surface area contributed by atoms with Gasteiger partial charge in [-0.1, -0.05) is 24.3 Å². The Balaban J connectivity index is 1.90. The van der Waals surface area contributed by atoms with E-state index >= 15 is 0 Å². The molecule has 2 aromatic rings. The first-order chi connectivity index (χ1) is 11.5. The van der Waals surface area contributed by atoms with Crippen LogP contribution >= 0.6 is 0 Å². The highest BCUT2D eigenvalue weighted by Gasteiger charge is 2.36. The normalized spacial score (nSPS) is 16.9.